The summed E-state index contributed by atoms with van der Waals surface area (Å²) >= 11 is 0. The number of nitrogens with one attached hydrogen (secondary N) is 2. The average Bonchev–Trinajstić information content (AvgIpc) is 2.46. The summed E-state index contributed by atoms with van der Waals surface area (Å²) in [4.78, 5) is 35.4. The normalized spacial score (nSPS) is 11.1. The molecule has 128 valence electrons. The lowest BCUT2D eigenvalue weighted by atomic mass is 10.3. The molecule has 1 unspecified atom stereocenters. The van der Waals surface area contributed by atoms with Crippen LogP contribution in [0.25, 0.3) is 0 Å². The molecule has 0 saturated heterocycles. The number of carboxylic acid groups (broad SMARTS) is 1. The first-order valence-corrected chi connectivity index (χ1v) is 6.51. The molecule has 0 heterocycles. The average molecular weight is 346 g/mol. The van der Waals surface area contributed by atoms with Gasteiger partial charge in [-0.3, -0.25) is 19.8 Å². The molecule has 0 bridgehead atoms. The van der Waals surface area contributed by atoms with E-state index in [-0.39, 0.29) is 19.0 Å². The number of likely N-dealkylation sites (N-methyl/N-ethyl adjacent to an activating group) is 1. The number of carboxylic acids is 1. The minimum atomic E-state index is -1.04. The Bertz CT molecular complexity index is 550. The van der Waals surface area contributed by atoms with Crippen molar-refractivity contribution in [1.29, 1.82) is 0 Å². The fourth-order valence-corrected chi connectivity index (χ4v) is 1.55. The number of hydrogen-bond acceptors (Lipinski definition) is 5. The van der Waals surface area contributed by atoms with E-state index in [9.17, 15) is 14.4 Å². The van der Waals surface area contributed by atoms with Gasteiger partial charge in [-0.05, 0) is 38.2 Å². The number of carbonyl (C=O) groups excluding carboxylic acids is 2. The Morgan fingerprint density at radius 1 is 1.26 bits per heavy atom. The number of nitrogens with zero attached hydrogens (tertiary/aromatic N) is 1. The van der Waals surface area contributed by atoms with Gasteiger partial charge in [-0.1, -0.05) is 0 Å². The number of imide groups is 1. The summed E-state index contributed by atoms with van der Waals surface area (Å²) < 4.78 is 4.99. The number of hydrogen-bond donors (Lipinski definition) is 3. The summed E-state index contributed by atoms with van der Waals surface area (Å²) in [6, 6.07) is 5.07. The molecule has 8 nitrogen and oxygen atoms in total. The van der Waals surface area contributed by atoms with Gasteiger partial charge in [-0.2, -0.15) is 0 Å². The van der Waals surface area contributed by atoms with Gasteiger partial charge >= 0.3 is 12.0 Å². The van der Waals surface area contributed by atoms with Crippen molar-refractivity contribution >= 4 is 36.0 Å². The summed E-state index contributed by atoms with van der Waals surface area (Å²) in [5.41, 5.74) is 0.498. The molecule has 3 N–H and O–H groups in total. The van der Waals surface area contributed by atoms with Crippen molar-refractivity contribution in [3.8, 4) is 5.75 Å². The number of methoxy groups -OCH3 is 1. The Hall–Kier alpha value is -2.32. The molecule has 0 spiro atoms. The third kappa shape index (κ3) is 6.98. The fourth-order valence-electron chi connectivity index (χ4n) is 1.55. The van der Waals surface area contributed by atoms with Crippen LogP contribution in [-0.2, 0) is 9.59 Å². The summed E-state index contributed by atoms with van der Waals surface area (Å²) in [6.07, 6.45) is 0. The Labute approximate surface area is 140 Å². The predicted octanol–water partition coefficient (Wildman–Crippen LogP) is 1.17. The predicted molar refractivity (Wildman–Crippen MR) is 87.1 cm³/mol. The van der Waals surface area contributed by atoms with Crippen LogP contribution in [0.4, 0.5) is 10.5 Å². The number of carbonyl (C=O) groups is 3. The van der Waals surface area contributed by atoms with Crippen molar-refractivity contribution in [2.24, 2.45) is 0 Å². The van der Waals surface area contributed by atoms with Crippen LogP contribution in [0.1, 0.15) is 6.92 Å². The van der Waals surface area contributed by atoms with E-state index in [4.69, 9.17) is 9.84 Å². The Morgan fingerprint density at radius 2 is 1.83 bits per heavy atom. The molecule has 3 amide bonds. The van der Waals surface area contributed by atoms with E-state index in [1.807, 2.05) is 0 Å². The van der Waals surface area contributed by atoms with Crippen molar-refractivity contribution in [2.75, 3.05) is 26.0 Å². The van der Waals surface area contributed by atoms with Gasteiger partial charge in [0.1, 0.15) is 11.8 Å². The van der Waals surface area contributed by atoms with Gasteiger partial charge in [0.05, 0.1) is 13.7 Å². The molecule has 1 rings (SSSR count). The van der Waals surface area contributed by atoms with Gasteiger partial charge in [0.15, 0.2) is 0 Å². The minimum absolute atomic E-state index is 0. The molecule has 9 heteroatoms. The van der Waals surface area contributed by atoms with E-state index in [1.165, 1.54) is 26.0 Å². The lowest BCUT2D eigenvalue weighted by Crippen LogP contribution is -2.45. The van der Waals surface area contributed by atoms with Crippen molar-refractivity contribution in [3.05, 3.63) is 24.3 Å². The maximum atomic E-state index is 11.7. The lowest BCUT2D eigenvalue weighted by Gasteiger charge is -2.20. The van der Waals surface area contributed by atoms with Crippen LogP contribution in [-0.4, -0.2) is 54.7 Å². The number of urea groups is 1. The Kier molecular flexibility index (Phi) is 8.67. The molecule has 0 saturated carbocycles. The Morgan fingerprint density at radius 3 is 2.30 bits per heavy atom. The number of amides is 3. The zero-order valence-electron chi connectivity index (χ0n) is 13.0. The molecule has 1 aromatic rings. The fraction of sp³-hybridized carbons (Fsp3) is 0.357. The smallest absolute Gasteiger partial charge is 0.325 e. The number of halogens is 1. The second-order valence-corrected chi connectivity index (χ2v) is 4.66. The van der Waals surface area contributed by atoms with Crippen molar-refractivity contribution < 1.29 is 24.2 Å². The highest BCUT2D eigenvalue weighted by molar-refractivity contribution is 6.01. The maximum Gasteiger partial charge on any atom is 0.325 e. The van der Waals surface area contributed by atoms with Gasteiger partial charge in [0.25, 0.3) is 0 Å². The zero-order valence-corrected chi connectivity index (χ0v) is 13.8. The number of benzene rings is 1. The highest BCUT2D eigenvalue weighted by atomic mass is 35.5. The number of ether oxygens (including phenoxy) is 1. The topological polar surface area (TPSA) is 108 Å². The van der Waals surface area contributed by atoms with E-state index in [0.717, 1.165) is 0 Å². The quantitative estimate of drug-likeness (QED) is 0.714. The first-order valence-electron chi connectivity index (χ1n) is 6.51. The number of anilines is 1. The highest BCUT2D eigenvalue weighted by Gasteiger charge is 2.19. The van der Waals surface area contributed by atoms with E-state index in [1.54, 1.807) is 24.3 Å². The van der Waals surface area contributed by atoms with Crippen LogP contribution in [0, 0.1) is 0 Å². The van der Waals surface area contributed by atoms with E-state index < -0.39 is 23.9 Å². The molecule has 1 aromatic carbocycles. The van der Waals surface area contributed by atoms with Crippen molar-refractivity contribution in [2.45, 2.75) is 13.0 Å². The van der Waals surface area contributed by atoms with Crippen LogP contribution in [0.2, 0.25) is 0 Å². The standard InChI is InChI=1S/C14H19N3O5.ClH/c1-9(13(19)20)17(2)8-12(18)16-14(21)15-10-4-6-11(22-3)7-5-10;/h4-7,9H,8H2,1-3H3,(H,19,20)(H2,15,16,18,21);1H. The van der Waals surface area contributed by atoms with Crippen LogP contribution < -0.4 is 15.4 Å². The van der Waals surface area contributed by atoms with Crippen molar-refractivity contribution in [3.63, 3.8) is 0 Å². The monoisotopic (exact) mass is 345 g/mol. The zero-order chi connectivity index (χ0) is 16.7. The molecular formula is C14H20ClN3O5. The van der Waals surface area contributed by atoms with Crippen LogP contribution >= 0.6 is 12.4 Å². The summed E-state index contributed by atoms with van der Waals surface area (Å²) in [5, 5.41) is 13.4. The summed E-state index contributed by atoms with van der Waals surface area (Å²) in [6.45, 7) is 1.25. The molecule has 0 aliphatic rings. The molecule has 0 fully saturated rings. The third-order valence-corrected chi connectivity index (χ3v) is 3.01. The molecular weight excluding hydrogens is 326 g/mol. The highest BCUT2D eigenvalue weighted by Crippen LogP contribution is 2.14. The first kappa shape index (κ1) is 20.7. The maximum absolute atomic E-state index is 11.7. The largest absolute Gasteiger partial charge is 0.497 e. The second kappa shape index (κ2) is 9.65. The molecule has 1 atom stereocenters. The van der Waals surface area contributed by atoms with Gasteiger partial charge in [0, 0.05) is 5.69 Å². The van der Waals surface area contributed by atoms with Gasteiger partial charge in [-0.25, -0.2) is 4.79 Å². The minimum Gasteiger partial charge on any atom is -0.497 e. The molecule has 0 radical (unpaired) electrons. The van der Waals surface area contributed by atoms with E-state index in [2.05, 4.69) is 10.6 Å². The summed E-state index contributed by atoms with van der Waals surface area (Å²) in [7, 11) is 3.02. The van der Waals surface area contributed by atoms with Crippen LogP contribution in [0.5, 0.6) is 5.75 Å². The lowest BCUT2D eigenvalue weighted by molar-refractivity contribution is -0.142. The molecule has 0 aliphatic carbocycles. The van der Waals surface area contributed by atoms with Crippen LogP contribution in [0.3, 0.4) is 0 Å². The van der Waals surface area contributed by atoms with Crippen molar-refractivity contribution in [1.82, 2.24) is 10.2 Å². The molecule has 0 aliphatic heterocycles. The Balaban J connectivity index is 0.00000484. The van der Waals surface area contributed by atoms with Gasteiger partial charge < -0.3 is 15.2 Å². The third-order valence-electron chi connectivity index (χ3n) is 3.01. The second-order valence-electron chi connectivity index (χ2n) is 4.66. The SMILES string of the molecule is COc1ccc(NC(=O)NC(=O)CN(C)C(C)C(=O)O)cc1.Cl. The van der Waals surface area contributed by atoms with Gasteiger partial charge in [-0.15, -0.1) is 12.4 Å². The molecule has 23 heavy (non-hydrogen) atoms. The van der Waals surface area contributed by atoms with Crippen LogP contribution in [0.15, 0.2) is 24.3 Å². The van der Waals surface area contributed by atoms with E-state index in [0.29, 0.717) is 11.4 Å². The van der Waals surface area contributed by atoms with E-state index >= 15 is 0 Å². The first-order chi connectivity index (χ1) is 10.3. The summed E-state index contributed by atoms with van der Waals surface area (Å²) in [5.74, 6) is -0.995. The van der Waals surface area contributed by atoms with Gasteiger partial charge in [0.2, 0.25) is 5.91 Å². The number of aliphatic carboxylic acids is 1. The molecule has 0 aromatic heterocycles. The number of rotatable bonds is 6.